The number of aliphatic hydroxyl groups is 1. The number of carbonyl (C=O) groups is 1. The van der Waals surface area contributed by atoms with E-state index in [1.807, 2.05) is 17.2 Å². The van der Waals surface area contributed by atoms with Gasteiger partial charge in [0, 0.05) is 42.3 Å². The van der Waals surface area contributed by atoms with Crippen LogP contribution < -0.4 is 0 Å². The van der Waals surface area contributed by atoms with Gasteiger partial charge < -0.3 is 10.0 Å². The van der Waals surface area contributed by atoms with Crippen LogP contribution in [0, 0.1) is 5.41 Å². The summed E-state index contributed by atoms with van der Waals surface area (Å²) in [6, 6.07) is 0. The van der Waals surface area contributed by atoms with E-state index >= 15 is 0 Å². The molecule has 1 aliphatic heterocycles. The minimum absolute atomic E-state index is 0.0137. The molecule has 4 nitrogen and oxygen atoms in total. The lowest BCUT2D eigenvalue weighted by Gasteiger charge is -2.39. The maximum absolute atomic E-state index is 12.3. The van der Waals surface area contributed by atoms with Gasteiger partial charge in [-0.15, -0.1) is 11.3 Å². The lowest BCUT2D eigenvalue weighted by atomic mass is 9.77. The fourth-order valence-electron chi connectivity index (χ4n) is 2.79. The largest absolute Gasteiger partial charge is 0.396 e. The first-order chi connectivity index (χ1) is 10.8. The second kappa shape index (κ2) is 7.14. The summed E-state index contributed by atoms with van der Waals surface area (Å²) in [6.07, 6.45) is 8.08. The van der Waals surface area contributed by atoms with Gasteiger partial charge in [-0.05, 0) is 30.8 Å². The Hall–Kier alpha value is -1.20. The number of thiazole rings is 1. The van der Waals surface area contributed by atoms with E-state index in [0.29, 0.717) is 0 Å². The number of hydrogen-bond acceptors (Lipinski definition) is 4. The Labute approximate surface area is 143 Å². The molecule has 0 saturated carbocycles. The molecule has 2 heterocycles. The molecule has 2 rings (SSSR count). The predicted molar refractivity (Wildman–Crippen MR) is 95.5 cm³/mol. The quantitative estimate of drug-likeness (QED) is 0.857. The maximum Gasteiger partial charge on any atom is 0.246 e. The Bertz CT molecular complexity index is 558. The monoisotopic (exact) mass is 336 g/mol. The van der Waals surface area contributed by atoms with Gasteiger partial charge in [0.1, 0.15) is 0 Å². The van der Waals surface area contributed by atoms with Gasteiger partial charge in [0.2, 0.25) is 5.91 Å². The molecule has 1 N–H and O–H groups in total. The standard InChI is InChI=1S/C18H28N2O2S/c1-5-18(13-21)8-10-20(11-9-18)15(22)7-6-14-12-19-16(23-14)17(2,3)4/h6-7,12,21H,5,8-11,13H2,1-4H3/b7-6+. The minimum Gasteiger partial charge on any atom is -0.396 e. The van der Waals surface area contributed by atoms with Gasteiger partial charge in [-0.25, -0.2) is 4.98 Å². The molecular weight excluding hydrogens is 308 g/mol. The van der Waals surface area contributed by atoms with E-state index in [1.54, 1.807) is 17.4 Å². The molecular formula is C18H28N2O2S. The van der Waals surface area contributed by atoms with E-state index in [2.05, 4.69) is 32.7 Å². The van der Waals surface area contributed by atoms with Gasteiger partial charge >= 0.3 is 0 Å². The average molecular weight is 337 g/mol. The van der Waals surface area contributed by atoms with Crippen LogP contribution in [0.3, 0.4) is 0 Å². The van der Waals surface area contributed by atoms with Crippen molar-refractivity contribution in [2.24, 2.45) is 5.41 Å². The minimum atomic E-state index is 0.0137. The maximum atomic E-state index is 12.3. The smallest absolute Gasteiger partial charge is 0.246 e. The number of carbonyl (C=O) groups excluding carboxylic acids is 1. The SMILES string of the molecule is CCC1(CO)CCN(C(=O)/C=C/c2cnc(C(C)(C)C)s2)CC1. The third-order valence-electron chi connectivity index (χ3n) is 4.78. The number of likely N-dealkylation sites (tertiary alicyclic amines) is 1. The van der Waals surface area contributed by atoms with Crippen molar-refractivity contribution >= 4 is 23.3 Å². The van der Waals surface area contributed by atoms with Crippen molar-refractivity contribution in [1.29, 1.82) is 0 Å². The molecule has 0 bridgehead atoms. The van der Waals surface area contributed by atoms with Crippen LogP contribution in [0.2, 0.25) is 0 Å². The second-order valence-corrected chi connectivity index (χ2v) is 8.55. The summed E-state index contributed by atoms with van der Waals surface area (Å²) in [4.78, 5) is 19.7. The van der Waals surface area contributed by atoms with Gasteiger partial charge in [0.15, 0.2) is 0 Å². The molecule has 1 amide bonds. The number of aromatic nitrogens is 1. The summed E-state index contributed by atoms with van der Waals surface area (Å²) in [7, 11) is 0. The van der Waals surface area contributed by atoms with Crippen molar-refractivity contribution in [3.05, 3.63) is 22.2 Å². The zero-order valence-corrected chi connectivity index (χ0v) is 15.4. The van der Waals surface area contributed by atoms with Crippen molar-refractivity contribution in [2.75, 3.05) is 19.7 Å². The highest BCUT2D eigenvalue weighted by molar-refractivity contribution is 7.12. The summed E-state index contributed by atoms with van der Waals surface area (Å²) < 4.78 is 0. The Morgan fingerprint density at radius 3 is 2.57 bits per heavy atom. The fourth-order valence-corrected chi connectivity index (χ4v) is 3.67. The predicted octanol–water partition coefficient (Wildman–Crippen LogP) is 3.46. The fraction of sp³-hybridized carbons (Fsp3) is 0.667. The van der Waals surface area contributed by atoms with E-state index in [-0.39, 0.29) is 23.3 Å². The van der Waals surface area contributed by atoms with Crippen LogP contribution in [0.15, 0.2) is 12.3 Å². The topological polar surface area (TPSA) is 53.4 Å². The molecule has 1 fully saturated rings. The van der Waals surface area contributed by atoms with Crippen molar-refractivity contribution < 1.29 is 9.90 Å². The van der Waals surface area contributed by atoms with Gasteiger partial charge in [0.25, 0.3) is 0 Å². The average Bonchev–Trinajstić information content (AvgIpc) is 3.02. The molecule has 0 spiro atoms. The normalized spacial score (nSPS) is 18.6. The lowest BCUT2D eigenvalue weighted by molar-refractivity contribution is -0.128. The number of rotatable bonds is 4. The number of hydrogen-bond donors (Lipinski definition) is 1. The molecule has 1 aliphatic rings. The molecule has 0 aliphatic carbocycles. The molecule has 0 radical (unpaired) electrons. The molecule has 1 aromatic rings. The lowest BCUT2D eigenvalue weighted by Crippen LogP contribution is -2.43. The highest BCUT2D eigenvalue weighted by Crippen LogP contribution is 2.34. The number of amides is 1. The Morgan fingerprint density at radius 2 is 2.09 bits per heavy atom. The number of aliphatic hydroxyl groups excluding tert-OH is 1. The van der Waals surface area contributed by atoms with Gasteiger partial charge in [-0.2, -0.15) is 0 Å². The third-order valence-corrected chi connectivity index (χ3v) is 6.16. The summed E-state index contributed by atoms with van der Waals surface area (Å²) in [5.41, 5.74) is 0.0567. The zero-order chi connectivity index (χ0) is 17.1. The van der Waals surface area contributed by atoms with Crippen LogP contribution in [0.5, 0.6) is 0 Å². The summed E-state index contributed by atoms with van der Waals surface area (Å²) >= 11 is 1.63. The Kier molecular flexibility index (Phi) is 5.63. The third kappa shape index (κ3) is 4.42. The molecule has 128 valence electrons. The van der Waals surface area contributed by atoms with Crippen LogP contribution in [0.4, 0.5) is 0 Å². The molecule has 0 atom stereocenters. The first-order valence-corrected chi connectivity index (χ1v) is 9.15. The van der Waals surface area contributed by atoms with Crippen LogP contribution in [0.25, 0.3) is 6.08 Å². The first kappa shape index (κ1) is 18.1. The molecule has 1 aromatic heterocycles. The van der Waals surface area contributed by atoms with E-state index < -0.39 is 0 Å². The molecule has 23 heavy (non-hydrogen) atoms. The zero-order valence-electron chi connectivity index (χ0n) is 14.6. The molecule has 0 unspecified atom stereocenters. The Balaban J connectivity index is 1.94. The van der Waals surface area contributed by atoms with Crippen LogP contribution in [-0.2, 0) is 10.2 Å². The highest BCUT2D eigenvalue weighted by Gasteiger charge is 2.33. The number of piperidine rings is 1. The van der Waals surface area contributed by atoms with E-state index in [4.69, 9.17) is 0 Å². The molecule has 0 aromatic carbocycles. The van der Waals surface area contributed by atoms with Crippen LogP contribution >= 0.6 is 11.3 Å². The molecule has 1 saturated heterocycles. The highest BCUT2D eigenvalue weighted by atomic mass is 32.1. The molecule has 5 heteroatoms. The number of nitrogens with zero attached hydrogens (tertiary/aromatic N) is 2. The van der Waals surface area contributed by atoms with Crippen LogP contribution in [-0.4, -0.2) is 40.6 Å². The van der Waals surface area contributed by atoms with Gasteiger partial charge in [-0.1, -0.05) is 27.7 Å². The van der Waals surface area contributed by atoms with E-state index in [1.165, 1.54) is 0 Å². The van der Waals surface area contributed by atoms with Crippen molar-refractivity contribution in [3.8, 4) is 0 Å². The summed E-state index contributed by atoms with van der Waals surface area (Å²) in [5, 5.41) is 10.6. The summed E-state index contributed by atoms with van der Waals surface area (Å²) in [6.45, 7) is 10.2. The van der Waals surface area contributed by atoms with Crippen molar-refractivity contribution in [1.82, 2.24) is 9.88 Å². The van der Waals surface area contributed by atoms with Crippen molar-refractivity contribution in [2.45, 2.75) is 52.4 Å². The second-order valence-electron chi connectivity index (χ2n) is 7.49. The van der Waals surface area contributed by atoms with E-state index in [0.717, 1.165) is 42.2 Å². The Morgan fingerprint density at radius 1 is 1.43 bits per heavy atom. The van der Waals surface area contributed by atoms with Crippen molar-refractivity contribution in [3.63, 3.8) is 0 Å². The van der Waals surface area contributed by atoms with Crippen LogP contribution in [0.1, 0.15) is 56.8 Å². The summed E-state index contributed by atoms with van der Waals surface area (Å²) in [5.74, 6) is 0.0540. The first-order valence-electron chi connectivity index (χ1n) is 8.34. The van der Waals surface area contributed by atoms with Gasteiger partial charge in [-0.3, -0.25) is 4.79 Å². The van der Waals surface area contributed by atoms with Gasteiger partial charge in [0.05, 0.1) is 5.01 Å². The van der Waals surface area contributed by atoms with E-state index in [9.17, 15) is 9.90 Å².